The summed E-state index contributed by atoms with van der Waals surface area (Å²) in [6.45, 7) is 4.48. The van der Waals surface area contributed by atoms with Crippen LogP contribution in [0.2, 0.25) is 0 Å². The van der Waals surface area contributed by atoms with Gasteiger partial charge in [-0.05, 0) is 43.8 Å². The van der Waals surface area contributed by atoms with Crippen molar-refractivity contribution in [3.05, 3.63) is 10.6 Å². The number of aromatic nitrogens is 3. The molecule has 0 aromatic carbocycles. The van der Waals surface area contributed by atoms with Crippen LogP contribution in [0.4, 0.5) is 0 Å². The standard InChI is InChI=1S/C14H25N3S/c1-3-8-13-15-16-14(18)17(13)12(4-2)11-9-6-5-7-10-11/h11-12H,3-10H2,1-2H3,(H,16,18). The number of hydrogen-bond acceptors (Lipinski definition) is 2. The Labute approximate surface area is 115 Å². The number of rotatable bonds is 5. The highest BCUT2D eigenvalue weighted by atomic mass is 32.1. The molecule has 0 spiro atoms. The van der Waals surface area contributed by atoms with E-state index < -0.39 is 0 Å². The predicted molar refractivity (Wildman–Crippen MR) is 77.3 cm³/mol. The Balaban J connectivity index is 2.25. The van der Waals surface area contributed by atoms with Crippen LogP contribution in [-0.2, 0) is 6.42 Å². The van der Waals surface area contributed by atoms with Gasteiger partial charge in [0.2, 0.25) is 0 Å². The highest BCUT2D eigenvalue weighted by Gasteiger charge is 2.26. The number of H-pyrrole nitrogens is 1. The minimum absolute atomic E-state index is 0.554. The van der Waals surface area contributed by atoms with Gasteiger partial charge in [0.25, 0.3) is 0 Å². The van der Waals surface area contributed by atoms with Crippen molar-refractivity contribution in [1.82, 2.24) is 14.8 Å². The van der Waals surface area contributed by atoms with Crippen LogP contribution in [0.5, 0.6) is 0 Å². The molecule has 1 unspecified atom stereocenters. The molecule has 1 atom stereocenters. The summed E-state index contributed by atoms with van der Waals surface area (Å²) in [6, 6.07) is 0.554. The van der Waals surface area contributed by atoms with Crippen molar-refractivity contribution in [1.29, 1.82) is 0 Å². The first kappa shape index (κ1) is 13.8. The van der Waals surface area contributed by atoms with Gasteiger partial charge in [-0.2, -0.15) is 5.10 Å². The van der Waals surface area contributed by atoms with Crippen LogP contribution in [0, 0.1) is 10.7 Å². The summed E-state index contributed by atoms with van der Waals surface area (Å²) < 4.78 is 3.13. The lowest BCUT2D eigenvalue weighted by Crippen LogP contribution is -2.23. The van der Waals surface area contributed by atoms with Crippen LogP contribution in [0.1, 0.15) is 70.7 Å². The minimum atomic E-state index is 0.554. The fourth-order valence-electron chi connectivity index (χ4n) is 3.32. The number of aromatic amines is 1. The molecule has 0 radical (unpaired) electrons. The average molecular weight is 267 g/mol. The number of hydrogen-bond donors (Lipinski definition) is 1. The number of aryl methyl sites for hydroxylation is 1. The number of nitrogens with zero attached hydrogens (tertiary/aromatic N) is 2. The second-order valence-electron chi connectivity index (χ2n) is 5.44. The summed E-state index contributed by atoms with van der Waals surface area (Å²) in [5.41, 5.74) is 0. The van der Waals surface area contributed by atoms with Crippen LogP contribution < -0.4 is 0 Å². The molecule has 3 nitrogen and oxygen atoms in total. The van der Waals surface area contributed by atoms with Crippen molar-refractivity contribution >= 4 is 12.2 Å². The maximum atomic E-state index is 5.44. The third-order valence-corrected chi connectivity index (χ3v) is 4.48. The van der Waals surface area contributed by atoms with Gasteiger partial charge in [0.05, 0.1) is 0 Å². The minimum Gasteiger partial charge on any atom is -0.301 e. The van der Waals surface area contributed by atoms with E-state index in [0.717, 1.165) is 35.8 Å². The molecule has 4 heteroatoms. The molecule has 0 aliphatic heterocycles. The monoisotopic (exact) mass is 267 g/mol. The summed E-state index contributed by atoms with van der Waals surface area (Å²) in [5.74, 6) is 1.95. The second-order valence-corrected chi connectivity index (χ2v) is 5.83. The maximum absolute atomic E-state index is 5.44. The lowest BCUT2D eigenvalue weighted by Gasteiger charge is -2.31. The van der Waals surface area contributed by atoms with E-state index in [1.54, 1.807) is 0 Å². The van der Waals surface area contributed by atoms with E-state index in [9.17, 15) is 0 Å². The molecule has 0 saturated heterocycles. The van der Waals surface area contributed by atoms with Crippen molar-refractivity contribution < 1.29 is 0 Å². The topological polar surface area (TPSA) is 33.6 Å². The Morgan fingerprint density at radius 2 is 2.06 bits per heavy atom. The van der Waals surface area contributed by atoms with Crippen LogP contribution in [0.25, 0.3) is 0 Å². The summed E-state index contributed by atoms with van der Waals surface area (Å²) in [5, 5.41) is 7.41. The first-order valence-corrected chi connectivity index (χ1v) is 7.84. The average Bonchev–Trinajstić information content (AvgIpc) is 2.75. The van der Waals surface area contributed by atoms with E-state index in [-0.39, 0.29) is 0 Å². The van der Waals surface area contributed by atoms with Gasteiger partial charge in [-0.25, -0.2) is 0 Å². The van der Waals surface area contributed by atoms with Crippen molar-refractivity contribution in [2.24, 2.45) is 5.92 Å². The summed E-state index contributed by atoms with van der Waals surface area (Å²) in [7, 11) is 0. The van der Waals surface area contributed by atoms with Crippen LogP contribution in [-0.4, -0.2) is 14.8 Å². The highest BCUT2D eigenvalue weighted by molar-refractivity contribution is 7.71. The molecule has 1 aromatic heterocycles. The van der Waals surface area contributed by atoms with Gasteiger partial charge in [-0.1, -0.05) is 33.1 Å². The molecule has 1 aromatic rings. The van der Waals surface area contributed by atoms with E-state index in [4.69, 9.17) is 12.2 Å². The van der Waals surface area contributed by atoms with Gasteiger partial charge in [0.1, 0.15) is 5.82 Å². The Kier molecular flexibility index (Phi) is 4.98. The highest BCUT2D eigenvalue weighted by Crippen LogP contribution is 2.35. The van der Waals surface area contributed by atoms with E-state index >= 15 is 0 Å². The van der Waals surface area contributed by atoms with E-state index in [1.807, 2.05) is 0 Å². The summed E-state index contributed by atoms with van der Waals surface area (Å²) in [4.78, 5) is 0. The third-order valence-electron chi connectivity index (χ3n) is 4.19. The zero-order chi connectivity index (χ0) is 13.0. The van der Waals surface area contributed by atoms with Gasteiger partial charge < -0.3 is 4.57 Å². The Morgan fingerprint density at radius 3 is 2.67 bits per heavy atom. The third kappa shape index (κ3) is 2.85. The van der Waals surface area contributed by atoms with Gasteiger partial charge >= 0.3 is 0 Å². The van der Waals surface area contributed by atoms with Gasteiger partial charge in [-0.3, -0.25) is 5.10 Å². The largest absolute Gasteiger partial charge is 0.301 e. The molecule has 102 valence electrons. The van der Waals surface area contributed by atoms with E-state index in [2.05, 4.69) is 28.6 Å². The zero-order valence-corrected chi connectivity index (χ0v) is 12.4. The lowest BCUT2D eigenvalue weighted by atomic mass is 9.82. The first-order chi connectivity index (χ1) is 8.77. The fourth-order valence-corrected chi connectivity index (χ4v) is 3.61. The molecule has 0 amide bonds. The van der Waals surface area contributed by atoms with Crippen molar-refractivity contribution in [3.8, 4) is 0 Å². The van der Waals surface area contributed by atoms with Gasteiger partial charge in [0, 0.05) is 12.5 Å². The molecule has 1 heterocycles. The molecule has 1 fully saturated rings. The maximum Gasteiger partial charge on any atom is 0.195 e. The quantitative estimate of drug-likeness (QED) is 0.801. The molecule has 18 heavy (non-hydrogen) atoms. The number of nitrogens with one attached hydrogen (secondary N) is 1. The summed E-state index contributed by atoms with van der Waals surface area (Å²) in [6.07, 6.45) is 10.2. The Hall–Kier alpha value is -0.640. The molecule has 1 N–H and O–H groups in total. The van der Waals surface area contributed by atoms with E-state index in [1.165, 1.54) is 32.1 Å². The van der Waals surface area contributed by atoms with Crippen molar-refractivity contribution in [2.75, 3.05) is 0 Å². The van der Waals surface area contributed by atoms with E-state index in [0.29, 0.717) is 6.04 Å². The Bertz CT molecular complexity index is 415. The molecule has 2 rings (SSSR count). The smallest absolute Gasteiger partial charge is 0.195 e. The fraction of sp³-hybridized carbons (Fsp3) is 0.857. The molecule has 0 bridgehead atoms. The summed E-state index contributed by atoms with van der Waals surface area (Å²) >= 11 is 5.44. The van der Waals surface area contributed by atoms with Gasteiger partial charge in [0.15, 0.2) is 4.77 Å². The molecule has 1 aliphatic rings. The zero-order valence-electron chi connectivity index (χ0n) is 11.6. The van der Waals surface area contributed by atoms with Crippen molar-refractivity contribution in [3.63, 3.8) is 0 Å². The molecular formula is C14H25N3S. The second kappa shape index (κ2) is 6.50. The lowest BCUT2D eigenvalue weighted by molar-refractivity contribution is 0.237. The normalized spacial score (nSPS) is 19.0. The van der Waals surface area contributed by atoms with Crippen LogP contribution in [0.15, 0.2) is 0 Å². The molecule has 1 saturated carbocycles. The predicted octanol–water partition coefficient (Wildman–Crippen LogP) is 4.42. The first-order valence-electron chi connectivity index (χ1n) is 7.43. The van der Waals surface area contributed by atoms with Crippen molar-refractivity contribution in [2.45, 2.75) is 71.3 Å². The van der Waals surface area contributed by atoms with Gasteiger partial charge in [-0.15, -0.1) is 0 Å². The van der Waals surface area contributed by atoms with Crippen LogP contribution in [0.3, 0.4) is 0 Å². The SMILES string of the molecule is CCCc1n[nH]c(=S)n1C(CC)C1CCCCC1. The molecular weight excluding hydrogens is 242 g/mol. The Morgan fingerprint density at radius 1 is 1.33 bits per heavy atom. The van der Waals surface area contributed by atoms with Crippen LogP contribution >= 0.6 is 12.2 Å². The molecule has 1 aliphatic carbocycles.